The molecule has 8 heteroatoms. The summed E-state index contributed by atoms with van der Waals surface area (Å²) in [7, 11) is 0. The Bertz CT molecular complexity index is 824. The quantitative estimate of drug-likeness (QED) is 0.295. The molecule has 2 bridgehead atoms. The predicted molar refractivity (Wildman–Crippen MR) is 130 cm³/mol. The van der Waals surface area contributed by atoms with E-state index < -0.39 is 32.9 Å². The molecule has 33 heavy (non-hydrogen) atoms. The summed E-state index contributed by atoms with van der Waals surface area (Å²) in [5.74, 6) is -1.81. The van der Waals surface area contributed by atoms with E-state index in [0.29, 0.717) is 32.4 Å². The third-order valence-electron chi connectivity index (χ3n) is 7.30. The van der Waals surface area contributed by atoms with Gasteiger partial charge in [-0.25, -0.2) is 0 Å². The van der Waals surface area contributed by atoms with Gasteiger partial charge in [0.2, 0.25) is 11.8 Å². The molecule has 3 saturated heterocycles. The summed E-state index contributed by atoms with van der Waals surface area (Å²) in [6, 6.07) is -0.656. The van der Waals surface area contributed by atoms with Gasteiger partial charge in [-0.1, -0.05) is 18.7 Å². The van der Waals surface area contributed by atoms with Crippen LogP contribution >= 0.6 is 11.8 Å². The average Bonchev–Trinajstić information content (AvgIpc) is 3.30. The second-order valence-electron chi connectivity index (χ2n) is 10.5. The van der Waals surface area contributed by atoms with Crippen LogP contribution in [0.5, 0.6) is 0 Å². The van der Waals surface area contributed by atoms with Crippen molar-refractivity contribution in [2.45, 2.75) is 74.5 Å². The number of fused-ring (bicyclic) bond motifs is 1. The zero-order chi connectivity index (χ0) is 24.6. The molecule has 5 atom stereocenters. The molecule has 3 rings (SSSR count). The van der Waals surface area contributed by atoms with Gasteiger partial charge in [0.25, 0.3) is 0 Å². The van der Waals surface area contributed by atoms with Crippen LogP contribution in [0.3, 0.4) is 0 Å². The highest BCUT2D eigenvalue weighted by atomic mass is 32.2. The number of unbranched alkanes of at least 4 members (excludes halogenated alkanes) is 1. The molecule has 3 aliphatic rings. The van der Waals surface area contributed by atoms with Crippen LogP contribution in [0.15, 0.2) is 25.3 Å². The molecule has 3 aliphatic heterocycles. The van der Waals surface area contributed by atoms with Crippen LogP contribution in [0.2, 0.25) is 0 Å². The maximum Gasteiger partial charge on any atom is 0.311 e. The monoisotopic (exact) mass is 478 g/mol. The maximum atomic E-state index is 14.1. The normalized spacial score (nSPS) is 32.6. The Morgan fingerprint density at radius 3 is 2.55 bits per heavy atom. The molecule has 0 aromatic carbocycles. The topological polar surface area (TPSA) is 87.1 Å². The summed E-state index contributed by atoms with van der Waals surface area (Å²) in [5, 5.41) is 9.28. The molecule has 2 amide bonds. The highest BCUT2D eigenvalue weighted by Gasteiger charge is 2.77. The second kappa shape index (κ2) is 9.45. The van der Waals surface area contributed by atoms with Gasteiger partial charge in [0, 0.05) is 30.0 Å². The minimum absolute atomic E-state index is 0.0309. The smallest absolute Gasteiger partial charge is 0.311 e. The van der Waals surface area contributed by atoms with Crippen LogP contribution in [0, 0.1) is 11.8 Å². The van der Waals surface area contributed by atoms with Crippen molar-refractivity contribution >= 4 is 29.5 Å². The number of aliphatic hydroxyl groups is 1. The van der Waals surface area contributed by atoms with E-state index >= 15 is 0 Å². The van der Waals surface area contributed by atoms with Gasteiger partial charge in [-0.3, -0.25) is 14.4 Å². The molecule has 0 radical (unpaired) electrons. The van der Waals surface area contributed by atoms with Gasteiger partial charge in [0.15, 0.2) is 0 Å². The Morgan fingerprint density at radius 1 is 1.27 bits per heavy atom. The molecule has 7 nitrogen and oxygen atoms in total. The van der Waals surface area contributed by atoms with Crippen LogP contribution in [-0.4, -0.2) is 80.1 Å². The van der Waals surface area contributed by atoms with Gasteiger partial charge in [0.05, 0.1) is 16.6 Å². The largest absolute Gasteiger partial charge is 0.461 e. The minimum Gasteiger partial charge on any atom is -0.461 e. The first-order valence-corrected chi connectivity index (χ1v) is 12.6. The summed E-state index contributed by atoms with van der Waals surface area (Å²) < 4.78 is 4.33. The standard InChI is InChI=1S/C25H38N2O5S/c1-7-13-27(23(3,4)5)21(30)19-25-12-11-24(6,33-25)18(22(31)32-16-8-2)17(25)20(29)26(19)14-9-10-15-28/h7-8,17-19,28H,1-2,9-16H2,3-6H3/t17-,18-,19?,24+,25?/m0/s1. The average molecular weight is 479 g/mol. The zero-order valence-electron chi connectivity index (χ0n) is 20.3. The molecule has 0 aromatic heterocycles. The minimum atomic E-state index is -0.662. The Balaban J connectivity index is 2.06. The van der Waals surface area contributed by atoms with Crippen LogP contribution in [-0.2, 0) is 19.1 Å². The van der Waals surface area contributed by atoms with E-state index in [4.69, 9.17) is 4.74 Å². The number of esters is 1. The lowest BCUT2D eigenvalue weighted by Crippen LogP contribution is -2.58. The van der Waals surface area contributed by atoms with Crippen molar-refractivity contribution in [1.29, 1.82) is 0 Å². The van der Waals surface area contributed by atoms with Crippen LogP contribution in [0.25, 0.3) is 0 Å². The van der Waals surface area contributed by atoms with E-state index in [2.05, 4.69) is 13.2 Å². The van der Waals surface area contributed by atoms with Gasteiger partial charge in [-0.2, -0.15) is 0 Å². The van der Waals surface area contributed by atoms with Crippen LogP contribution in [0.4, 0.5) is 0 Å². The fraction of sp³-hybridized carbons (Fsp3) is 0.720. The molecule has 1 spiro atoms. The lowest BCUT2D eigenvalue weighted by atomic mass is 9.66. The predicted octanol–water partition coefficient (Wildman–Crippen LogP) is 2.78. The first-order valence-electron chi connectivity index (χ1n) is 11.8. The Labute approximate surface area is 201 Å². The van der Waals surface area contributed by atoms with E-state index in [-0.39, 0.29) is 31.0 Å². The number of carbonyl (C=O) groups excluding carboxylic acids is 3. The maximum absolute atomic E-state index is 14.1. The molecule has 0 aliphatic carbocycles. The van der Waals surface area contributed by atoms with Crippen molar-refractivity contribution in [3.05, 3.63) is 25.3 Å². The Hall–Kier alpha value is -1.80. The van der Waals surface area contributed by atoms with Crippen molar-refractivity contribution in [3.8, 4) is 0 Å². The molecule has 3 heterocycles. The van der Waals surface area contributed by atoms with Crippen molar-refractivity contribution in [2.24, 2.45) is 11.8 Å². The van der Waals surface area contributed by atoms with E-state index in [0.717, 1.165) is 6.42 Å². The van der Waals surface area contributed by atoms with Gasteiger partial charge in [-0.05, 0) is 53.4 Å². The number of likely N-dealkylation sites (tertiary alicyclic amines) is 1. The summed E-state index contributed by atoms with van der Waals surface area (Å²) in [6.07, 6.45) is 5.83. The van der Waals surface area contributed by atoms with Crippen LogP contribution < -0.4 is 0 Å². The number of hydrogen-bond donors (Lipinski definition) is 1. The lowest BCUT2D eigenvalue weighted by molar-refractivity contribution is -0.154. The van der Waals surface area contributed by atoms with Crippen molar-refractivity contribution < 1.29 is 24.2 Å². The highest BCUT2D eigenvalue weighted by Crippen LogP contribution is 2.71. The molecule has 0 aromatic rings. The number of carbonyl (C=O) groups is 3. The molecule has 184 valence electrons. The first-order chi connectivity index (χ1) is 15.5. The van der Waals surface area contributed by atoms with Gasteiger partial charge in [0.1, 0.15) is 12.6 Å². The summed E-state index contributed by atoms with van der Waals surface area (Å²) in [4.78, 5) is 44.6. The number of amides is 2. The van der Waals surface area contributed by atoms with Crippen LogP contribution in [0.1, 0.15) is 53.4 Å². The fourth-order valence-corrected chi connectivity index (χ4v) is 8.24. The lowest BCUT2D eigenvalue weighted by Gasteiger charge is -2.42. The first kappa shape index (κ1) is 25.8. The third kappa shape index (κ3) is 4.25. The molecule has 3 fully saturated rings. The van der Waals surface area contributed by atoms with E-state index in [9.17, 15) is 19.5 Å². The van der Waals surface area contributed by atoms with Crippen molar-refractivity contribution in [1.82, 2.24) is 9.80 Å². The summed E-state index contributed by atoms with van der Waals surface area (Å²) in [5.41, 5.74) is -0.451. The fourth-order valence-electron chi connectivity index (χ4n) is 5.90. The molecule has 1 N–H and O–H groups in total. The zero-order valence-corrected chi connectivity index (χ0v) is 21.2. The third-order valence-corrected chi connectivity index (χ3v) is 9.29. The van der Waals surface area contributed by atoms with E-state index in [1.807, 2.05) is 27.7 Å². The summed E-state index contributed by atoms with van der Waals surface area (Å²) in [6.45, 7) is 16.3. The number of thioether (sulfide) groups is 1. The number of hydrogen-bond acceptors (Lipinski definition) is 6. The van der Waals surface area contributed by atoms with E-state index in [1.54, 1.807) is 27.6 Å². The molecule has 2 unspecified atom stereocenters. The Morgan fingerprint density at radius 2 is 1.97 bits per heavy atom. The number of nitrogens with zero attached hydrogens (tertiary/aromatic N) is 2. The van der Waals surface area contributed by atoms with E-state index in [1.165, 1.54) is 6.08 Å². The van der Waals surface area contributed by atoms with Gasteiger partial charge < -0.3 is 19.6 Å². The van der Waals surface area contributed by atoms with Crippen molar-refractivity contribution in [3.63, 3.8) is 0 Å². The second-order valence-corrected chi connectivity index (χ2v) is 12.4. The van der Waals surface area contributed by atoms with Gasteiger partial charge in [-0.15, -0.1) is 18.3 Å². The molecular formula is C25H38N2O5S. The summed E-state index contributed by atoms with van der Waals surface area (Å²) >= 11 is 1.64. The van der Waals surface area contributed by atoms with Gasteiger partial charge >= 0.3 is 5.97 Å². The highest BCUT2D eigenvalue weighted by molar-refractivity contribution is 8.02. The van der Waals surface area contributed by atoms with Crippen molar-refractivity contribution in [2.75, 3.05) is 26.3 Å². The number of ether oxygens (including phenoxy) is 1. The number of aliphatic hydroxyl groups excluding tert-OH is 1. The number of rotatable bonds is 10. The SMILES string of the molecule is C=CCOC(=O)[C@@H]1[C@H]2C(=O)N(CCCCO)C(C(=O)N(CC=C)C(C)(C)C)C23CC[C@@]1(C)S3. The molecule has 0 saturated carbocycles. The Kier molecular flexibility index (Phi) is 7.39. The molecular weight excluding hydrogens is 440 g/mol.